The van der Waals surface area contributed by atoms with Crippen LogP contribution in [0.4, 0.5) is 13.2 Å². The van der Waals surface area contributed by atoms with Gasteiger partial charge in [-0.25, -0.2) is 13.1 Å². The number of amides is 1. The maximum absolute atomic E-state index is 13.0. The van der Waals surface area contributed by atoms with E-state index in [1.54, 1.807) is 0 Å². The van der Waals surface area contributed by atoms with Gasteiger partial charge in [-0.15, -0.1) is 0 Å². The quantitative estimate of drug-likeness (QED) is 0.735. The molecule has 0 saturated carbocycles. The summed E-state index contributed by atoms with van der Waals surface area (Å²) < 4.78 is 70.0. The summed E-state index contributed by atoms with van der Waals surface area (Å²) in [5.41, 5.74) is -1.37. The van der Waals surface area contributed by atoms with Crippen molar-refractivity contribution in [3.8, 4) is 0 Å². The largest absolute Gasteiger partial charge is 0.459 e. The summed E-state index contributed by atoms with van der Waals surface area (Å²) >= 11 is 5.51. The molecule has 11 heteroatoms. The second kappa shape index (κ2) is 7.46. The van der Waals surface area contributed by atoms with E-state index in [1.165, 1.54) is 18.4 Å². The van der Waals surface area contributed by atoms with E-state index in [9.17, 15) is 26.4 Å². The highest BCUT2D eigenvalue weighted by Gasteiger charge is 2.37. The average molecular weight is 397 g/mol. The number of halogens is 4. The van der Waals surface area contributed by atoms with Crippen molar-refractivity contribution in [2.24, 2.45) is 0 Å². The molecule has 0 unspecified atom stereocenters. The van der Waals surface area contributed by atoms with E-state index in [2.05, 4.69) is 5.32 Å². The summed E-state index contributed by atoms with van der Waals surface area (Å²) in [7, 11) is -4.45. The van der Waals surface area contributed by atoms with Gasteiger partial charge in [-0.2, -0.15) is 13.2 Å². The predicted molar refractivity (Wildman–Crippen MR) is 82.7 cm³/mol. The molecule has 6 nitrogen and oxygen atoms in total. The molecule has 1 aromatic carbocycles. The highest BCUT2D eigenvalue weighted by molar-refractivity contribution is 7.89. The Morgan fingerprint density at radius 1 is 1.20 bits per heavy atom. The van der Waals surface area contributed by atoms with Crippen LogP contribution < -0.4 is 10.0 Å². The minimum atomic E-state index is -4.89. The zero-order chi connectivity index (χ0) is 18.7. The van der Waals surface area contributed by atoms with Crippen LogP contribution in [0.15, 0.2) is 45.9 Å². The summed E-state index contributed by atoms with van der Waals surface area (Å²) in [5, 5.41) is 2.12. The molecule has 0 atom stereocenters. The monoisotopic (exact) mass is 396 g/mol. The first-order chi connectivity index (χ1) is 11.6. The van der Waals surface area contributed by atoms with Gasteiger partial charge in [0.1, 0.15) is 0 Å². The van der Waals surface area contributed by atoms with E-state index in [1.807, 2.05) is 4.72 Å². The average Bonchev–Trinajstić information content (AvgIpc) is 3.04. The lowest BCUT2D eigenvalue weighted by molar-refractivity contribution is -0.139. The molecule has 0 spiro atoms. The minimum absolute atomic E-state index is 0.0277. The highest BCUT2D eigenvalue weighted by Crippen LogP contribution is 2.35. The Labute approximate surface area is 146 Å². The number of sulfonamides is 1. The van der Waals surface area contributed by atoms with Gasteiger partial charge < -0.3 is 9.73 Å². The third kappa shape index (κ3) is 4.97. The molecule has 2 rings (SSSR count). The van der Waals surface area contributed by atoms with E-state index < -0.39 is 32.6 Å². The SMILES string of the molecule is O=C(NCCNS(=O)(=O)c1ccc(Cl)cc1C(F)(F)F)c1ccco1. The Morgan fingerprint density at radius 3 is 2.52 bits per heavy atom. The van der Waals surface area contributed by atoms with E-state index >= 15 is 0 Å². The fourth-order valence-corrected chi connectivity index (χ4v) is 3.30. The predicted octanol–water partition coefficient (Wildman–Crippen LogP) is 2.66. The van der Waals surface area contributed by atoms with E-state index in [0.717, 1.165) is 12.1 Å². The molecule has 0 bridgehead atoms. The fraction of sp³-hybridized carbons (Fsp3) is 0.214. The van der Waals surface area contributed by atoms with Crippen LogP contribution in [0.2, 0.25) is 5.02 Å². The van der Waals surface area contributed by atoms with Gasteiger partial charge in [-0.3, -0.25) is 4.79 Å². The summed E-state index contributed by atoms with van der Waals surface area (Å²) in [4.78, 5) is 10.6. The molecule has 2 N–H and O–H groups in total. The number of carbonyl (C=O) groups excluding carboxylic acids is 1. The van der Waals surface area contributed by atoms with Gasteiger partial charge in [0.2, 0.25) is 10.0 Å². The molecule has 0 radical (unpaired) electrons. The van der Waals surface area contributed by atoms with Crippen molar-refractivity contribution < 1.29 is 30.8 Å². The standard InChI is InChI=1S/C14H12ClF3N2O4S/c15-9-3-4-12(10(8-9)14(16,17)18)25(22,23)20-6-5-19-13(21)11-2-1-7-24-11/h1-4,7-8,20H,5-6H2,(H,19,21). The van der Waals surface area contributed by atoms with Crippen molar-refractivity contribution >= 4 is 27.5 Å². The Kier molecular flexibility index (Phi) is 5.76. The van der Waals surface area contributed by atoms with Gasteiger partial charge in [0.15, 0.2) is 5.76 Å². The first kappa shape index (κ1) is 19.3. The molecule has 0 saturated heterocycles. The maximum Gasteiger partial charge on any atom is 0.417 e. The van der Waals surface area contributed by atoms with Crippen LogP contribution in [0.5, 0.6) is 0 Å². The molecule has 1 aromatic heterocycles. The van der Waals surface area contributed by atoms with Gasteiger partial charge in [0, 0.05) is 18.1 Å². The number of nitrogens with one attached hydrogen (secondary N) is 2. The topological polar surface area (TPSA) is 88.4 Å². The maximum atomic E-state index is 13.0. The number of carbonyl (C=O) groups is 1. The molecular weight excluding hydrogens is 385 g/mol. The normalized spacial score (nSPS) is 12.2. The molecule has 25 heavy (non-hydrogen) atoms. The number of alkyl halides is 3. The smallest absolute Gasteiger partial charge is 0.417 e. The zero-order valence-electron chi connectivity index (χ0n) is 12.4. The molecule has 1 heterocycles. The van der Waals surface area contributed by atoms with E-state index in [-0.39, 0.29) is 23.9 Å². The highest BCUT2D eigenvalue weighted by atomic mass is 35.5. The van der Waals surface area contributed by atoms with Crippen LogP contribution in [0.1, 0.15) is 16.1 Å². The Morgan fingerprint density at radius 2 is 1.92 bits per heavy atom. The lowest BCUT2D eigenvalue weighted by Crippen LogP contribution is -2.35. The van der Waals surface area contributed by atoms with Gasteiger partial charge in [0.05, 0.1) is 16.7 Å². The molecule has 1 amide bonds. The molecule has 136 valence electrons. The third-order valence-corrected chi connectivity index (χ3v) is 4.74. The van der Waals surface area contributed by atoms with Crippen molar-refractivity contribution in [1.29, 1.82) is 0 Å². The van der Waals surface area contributed by atoms with E-state index in [4.69, 9.17) is 16.0 Å². The molecular formula is C14H12ClF3N2O4S. The van der Waals surface area contributed by atoms with Gasteiger partial charge in [0.25, 0.3) is 5.91 Å². The van der Waals surface area contributed by atoms with Gasteiger partial charge in [-0.05, 0) is 30.3 Å². The van der Waals surface area contributed by atoms with Crippen LogP contribution in [0, 0.1) is 0 Å². The van der Waals surface area contributed by atoms with Gasteiger partial charge >= 0.3 is 6.18 Å². The second-order valence-corrected chi connectivity index (χ2v) is 6.94. The molecule has 0 aliphatic rings. The van der Waals surface area contributed by atoms with Crippen LogP contribution in [-0.4, -0.2) is 27.4 Å². The first-order valence-corrected chi connectivity index (χ1v) is 8.65. The number of hydrogen-bond donors (Lipinski definition) is 2. The van der Waals surface area contributed by atoms with Crippen molar-refractivity contribution in [3.05, 3.63) is 52.9 Å². The third-order valence-electron chi connectivity index (χ3n) is 2.98. The van der Waals surface area contributed by atoms with Crippen molar-refractivity contribution in [2.45, 2.75) is 11.1 Å². The number of benzene rings is 1. The van der Waals surface area contributed by atoms with Crippen LogP contribution in [0.25, 0.3) is 0 Å². The Bertz CT molecular complexity index is 851. The zero-order valence-corrected chi connectivity index (χ0v) is 14.0. The lowest BCUT2D eigenvalue weighted by Gasteiger charge is -2.14. The Hall–Kier alpha value is -2.04. The van der Waals surface area contributed by atoms with Crippen molar-refractivity contribution in [1.82, 2.24) is 10.0 Å². The number of hydrogen-bond acceptors (Lipinski definition) is 4. The summed E-state index contributed by atoms with van der Waals surface area (Å²) in [6.45, 7) is -0.456. The number of furan rings is 1. The first-order valence-electron chi connectivity index (χ1n) is 6.79. The molecule has 0 fully saturated rings. The summed E-state index contributed by atoms with van der Waals surface area (Å²) in [6, 6.07) is 5.26. The number of rotatable bonds is 6. The van der Waals surface area contributed by atoms with Gasteiger partial charge in [-0.1, -0.05) is 11.6 Å². The molecule has 0 aliphatic heterocycles. The fourth-order valence-electron chi connectivity index (χ4n) is 1.89. The van der Waals surface area contributed by atoms with Crippen molar-refractivity contribution in [2.75, 3.05) is 13.1 Å². The summed E-state index contributed by atoms with van der Waals surface area (Å²) in [6.07, 6.45) is -3.60. The lowest BCUT2D eigenvalue weighted by atomic mass is 10.2. The van der Waals surface area contributed by atoms with Crippen molar-refractivity contribution in [3.63, 3.8) is 0 Å². The Balaban J connectivity index is 2.04. The molecule has 0 aliphatic carbocycles. The minimum Gasteiger partial charge on any atom is -0.459 e. The summed E-state index contributed by atoms with van der Waals surface area (Å²) in [5.74, 6) is -0.549. The van der Waals surface area contributed by atoms with Crippen LogP contribution in [0.3, 0.4) is 0 Å². The van der Waals surface area contributed by atoms with Crippen LogP contribution >= 0.6 is 11.6 Å². The molecule has 2 aromatic rings. The van der Waals surface area contributed by atoms with E-state index in [0.29, 0.717) is 6.07 Å². The van der Waals surface area contributed by atoms with Crippen LogP contribution in [-0.2, 0) is 16.2 Å². The second-order valence-electron chi connectivity index (χ2n) is 4.77.